The highest BCUT2D eigenvalue weighted by atomic mass is 16.5. The Labute approximate surface area is 206 Å². The van der Waals surface area contributed by atoms with Gasteiger partial charge in [0.2, 0.25) is 0 Å². The fraction of sp³-hybridized carbons (Fsp3) is 0.900. The summed E-state index contributed by atoms with van der Waals surface area (Å²) in [6.07, 6.45) is 8.51. The van der Waals surface area contributed by atoms with Crippen LogP contribution < -0.4 is 0 Å². The molecule has 4 nitrogen and oxygen atoms in total. The van der Waals surface area contributed by atoms with Crippen LogP contribution in [-0.2, 0) is 9.53 Å². The van der Waals surface area contributed by atoms with E-state index in [1.807, 2.05) is 0 Å². The monoisotopic (exact) mass is 472 g/mol. The van der Waals surface area contributed by atoms with Gasteiger partial charge in [0.15, 0.2) is 0 Å². The number of carbonyl (C=O) groups is 1. The van der Waals surface area contributed by atoms with Crippen LogP contribution in [0, 0.1) is 45.3 Å². The highest BCUT2D eigenvalue weighted by Crippen LogP contribution is 2.75. The molecule has 4 aliphatic carbocycles. The Morgan fingerprint density at radius 2 is 1.65 bits per heavy atom. The number of fused-ring (bicyclic) bond motifs is 5. The van der Waals surface area contributed by atoms with Gasteiger partial charge in [0, 0.05) is 18.4 Å². The fourth-order valence-electron chi connectivity index (χ4n) is 11.0. The van der Waals surface area contributed by atoms with Crippen molar-refractivity contribution in [3.8, 4) is 0 Å². The number of carbonyl (C=O) groups excluding carboxylic acids is 1. The van der Waals surface area contributed by atoms with Gasteiger partial charge in [-0.15, -0.1) is 0 Å². The standard InChI is InChI=1S/C30H48O4/c1-18-15-25(2,3)34-29(18,8)24-19-9-10-22-27(6)13-12-23(33)26(4,5)21(27)11-14-28(22,7)30(19,17-31)16-20(24)32/h15,19,21-24,31,33H,9-14,16-17H2,1-8H3/t19-,21+,22+,23+,24-,27+,28-,29-,30+/m1/s1. The lowest BCUT2D eigenvalue weighted by molar-refractivity contribution is -0.237. The maximum Gasteiger partial charge on any atom is 0.140 e. The summed E-state index contributed by atoms with van der Waals surface area (Å²) in [5.41, 5.74) is -0.226. The lowest BCUT2D eigenvalue weighted by atomic mass is 9.35. The van der Waals surface area contributed by atoms with Gasteiger partial charge < -0.3 is 14.9 Å². The molecule has 0 spiro atoms. The molecular weight excluding hydrogens is 424 g/mol. The fourth-order valence-corrected chi connectivity index (χ4v) is 11.0. The third-order valence-corrected chi connectivity index (χ3v) is 12.6. The molecule has 0 saturated heterocycles. The van der Waals surface area contributed by atoms with Crippen molar-refractivity contribution in [2.45, 2.75) is 118 Å². The first-order valence-electron chi connectivity index (χ1n) is 13.8. The molecule has 1 heterocycles. The number of ether oxygens (including phenoxy) is 1. The normalized spacial score (nSPS) is 53.6. The molecule has 34 heavy (non-hydrogen) atoms. The summed E-state index contributed by atoms with van der Waals surface area (Å²) in [5.74, 6) is 1.19. The predicted molar refractivity (Wildman–Crippen MR) is 134 cm³/mol. The van der Waals surface area contributed by atoms with E-state index in [1.54, 1.807) is 0 Å². The Morgan fingerprint density at radius 3 is 2.24 bits per heavy atom. The largest absolute Gasteiger partial charge is 0.396 e. The summed E-state index contributed by atoms with van der Waals surface area (Å²) >= 11 is 0. The van der Waals surface area contributed by atoms with Crippen LogP contribution in [-0.4, -0.2) is 39.9 Å². The summed E-state index contributed by atoms with van der Waals surface area (Å²) in [6, 6.07) is 0. The van der Waals surface area contributed by atoms with Crippen molar-refractivity contribution in [2.24, 2.45) is 45.3 Å². The van der Waals surface area contributed by atoms with Crippen LogP contribution in [0.1, 0.15) is 100 Å². The van der Waals surface area contributed by atoms with Crippen molar-refractivity contribution < 1.29 is 19.7 Å². The van der Waals surface area contributed by atoms with Crippen molar-refractivity contribution in [3.05, 3.63) is 11.6 Å². The van der Waals surface area contributed by atoms with Crippen LogP contribution in [0.15, 0.2) is 11.6 Å². The summed E-state index contributed by atoms with van der Waals surface area (Å²) in [6.45, 7) is 17.9. The average Bonchev–Trinajstić information content (AvgIpc) is 3.14. The van der Waals surface area contributed by atoms with Crippen LogP contribution >= 0.6 is 0 Å². The molecule has 2 N–H and O–H groups in total. The number of hydrogen-bond donors (Lipinski definition) is 2. The highest BCUT2D eigenvalue weighted by molar-refractivity contribution is 5.87. The lowest BCUT2D eigenvalue weighted by Crippen LogP contribution is -2.65. The molecule has 0 aromatic rings. The third kappa shape index (κ3) is 2.85. The quantitative estimate of drug-likeness (QED) is 0.506. The van der Waals surface area contributed by atoms with Gasteiger partial charge in [0.1, 0.15) is 5.78 Å². The van der Waals surface area contributed by atoms with E-state index in [-0.39, 0.29) is 51.8 Å². The van der Waals surface area contributed by atoms with E-state index < -0.39 is 5.60 Å². The number of Topliss-reactive ketones (excluding diaryl/α,β-unsaturated/α-hetero) is 1. The molecule has 5 aliphatic rings. The van der Waals surface area contributed by atoms with E-state index in [1.165, 1.54) is 0 Å². The second kappa shape index (κ2) is 7.19. The maximum absolute atomic E-state index is 13.9. The van der Waals surface area contributed by atoms with Crippen molar-refractivity contribution in [2.75, 3.05) is 6.61 Å². The minimum Gasteiger partial charge on any atom is -0.396 e. The number of aliphatic hydroxyl groups excluding tert-OH is 2. The second-order valence-electron chi connectivity index (χ2n) is 14.7. The molecule has 0 unspecified atom stereocenters. The van der Waals surface area contributed by atoms with Crippen molar-refractivity contribution >= 4 is 5.78 Å². The molecule has 9 atom stereocenters. The van der Waals surface area contributed by atoms with E-state index in [0.29, 0.717) is 24.0 Å². The molecule has 1 aliphatic heterocycles. The highest BCUT2D eigenvalue weighted by Gasteiger charge is 2.73. The average molecular weight is 473 g/mol. The van der Waals surface area contributed by atoms with Crippen LogP contribution in [0.25, 0.3) is 0 Å². The predicted octanol–water partition coefficient (Wildman–Crippen LogP) is 5.70. The third-order valence-electron chi connectivity index (χ3n) is 12.6. The summed E-state index contributed by atoms with van der Waals surface area (Å²) in [7, 11) is 0. The number of ketones is 1. The smallest absolute Gasteiger partial charge is 0.140 e. The van der Waals surface area contributed by atoms with Gasteiger partial charge in [0.25, 0.3) is 0 Å². The van der Waals surface area contributed by atoms with Crippen LogP contribution in [0.3, 0.4) is 0 Å². The molecule has 4 heteroatoms. The van der Waals surface area contributed by atoms with Crippen molar-refractivity contribution in [3.63, 3.8) is 0 Å². The van der Waals surface area contributed by atoms with Gasteiger partial charge in [-0.25, -0.2) is 0 Å². The van der Waals surface area contributed by atoms with Gasteiger partial charge >= 0.3 is 0 Å². The Bertz CT molecular complexity index is 919. The molecule has 0 bridgehead atoms. The van der Waals surface area contributed by atoms with Crippen LogP contribution in [0.5, 0.6) is 0 Å². The van der Waals surface area contributed by atoms with E-state index in [4.69, 9.17) is 4.74 Å². The molecule has 0 aromatic carbocycles. The Morgan fingerprint density at radius 1 is 0.971 bits per heavy atom. The molecule has 4 fully saturated rings. The minimum absolute atomic E-state index is 0.0825. The van der Waals surface area contributed by atoms with Gasteiger partial charge in [-0.1, -0.05) is 33.8 Å². The first kappa shape index (κ1) is 25.0. The van der Waals surface area contributed by atoms with Gasteiger partial charge in [-0.2, -0.15) is 0 Å². The van der Waals surface area contributed by atoms with Gasteiger partial charge in [0.05, 0.1) is 23.2 Å². The van der Waals surface area contributed by atoms with E-state index in [9.17, 15) is 15.0 Å². The molecule has 4 saturated carbocycles. The lowest BCUT2D eigenvalue weighted by Gasteiger charge is -2.70. The zero-order chi connectivity index (χ0) is 25.1. The summed E-state index contributed by atoms with van der Waals surface area (Å²) in [4.78, 5) is 13.9. The zero-order valence-corrected chi connectivity index (χ0v) is 22.8. The molecular formula is C30H48O4. The minimum atomic E-state index is -0.594. The topological polar surface area (TPSA) is 66.8 Å². The van der Waals surface area contributed by atoms with Crippen LogP contribution in [0.2, 0.25) is 0 Å². The SMILES string of the molecule is CC1=CC(C)(C)O[C@@]1(C)[C@H]1C(=O)C[C@]2(CO)[C@@H]1CC[C@H]1[C@@]3(C)CC[C@H](O)C(C)(C)[C@@H]3CC[C@]12C. The first-order chi connectivity index (χ1) is 15.6. The van der Waals surface area contributed by atoms with E-state index in [2.05, 4.69) is 61.5 Å². The van der Waals surface area contributed by atoms with Gasteiger partial charge in [-0.3, -0.25) is 4.79 Å². The van der Waals surface area contributed by atoms with Crippen molar-refractivity contribution in [1.82, 2.24) is 0 Å². The first-order valence-corrected chi connectivity index (χ1v) is 13.8. The van der Waals surface area contributed by atoms with E-state index >= 15 is 0 Å². The Kier molecular flexibility index (Phi) is 5.28. The molecule has 0 radical (unpaired) electrons. The molecule has 0 amide bonds. The zero-order valence-electron chi connectivity index (χ0n) is 22.8. The Hall–Kier alpha value is -0.710. The molecule has 5 rings (SSSR count). The number of hydrogen-bond acceptors (Lipinski definition) is 4. The summed E-state index contributed by atoms with van der Waals surface area (Å²) in [5, 5.41) is 22.0. The van der Waals surface area contributed by atoms with Crippen LogP contribution in [0.4, 0.5) is 0 Å². The molecule has 0 aromatic heterocycles. The number of aliphatic hydroxyl groups is 2. The molecule has 192 valence electrons. The number of rotatable bonds is 2. The summed E-state index contributed by atoms with van der Waals surface area (Å²) < 4.78 is 6.63. The Balaban J connectivity index is 1.57. The van der Waals surface area contributed by atoms with Crippen molar-refractivity contribution in [1.29, 1.82) is 0 Å². The second-order valence-corrected chi connectivity index (χ2v) is 14.7. The maximum atomic E-state index is 13.9. The van der Waals surface area contributed by atoms with E-state index in [0.717, 1.165) is 44.1 Å². The van der Waals surface area contributed by atoms with Gasteiger partial charge in [-0.05, 0) is 106 Å².